The molecule has 0 aliphatic rings. The molecule has 0 atom stereocenters. The molecule has 0 fully saturated rings. The zero-order chi connectivity index (χ0) is 20.3. The Kier molecular flexibility index (Phi) is 5.84. The maximum atomic E-state index is 12.1. The highest BCUT2D eigenvalue weighted by Crippen LogP contribution is 2.27. The molecule has 0 saturated heterocycles. The molecule has 6 nitrogen and oxygen atoms in total. The molecule has 0 radical (unpaired) electrons. The highest BCUT2D eigenvalue weighted by atomic mass is 32.1. The first-order valence-electron chi connectivity index (χ1n) is 9.00. The summed E-state index contributed by atoms with van der Waals surface area (Å²) in [5, 5.41) is 3.86. The van der Waals surface area contributed by atoms with Crippen LogP contribution in [-0.4, -0.2) is 16.3 Å². The lowest BCUT2D eigenvalue weighted by molar-refractivity contribution is 0.482. The van der Waals surface area contributed by atoms with Gasteiger partial charge in [0.15, 0.2) is 0 Å². The number of rotatable bonds is 6. The lowest BCUT2D eigenvalue weighted by atomic mass is 10.1. The van der Waals surface area contributed by atoms with Gasteiger partial charge in [0.25, 0.3) is 5.56 Å². The molecule has 7 heteroatoms. The maximum absolute atomic E-state index is 12.1. The van der Waals surface area contributed by atoms with Gasteiger partial charge in [0.05, 0.1) is 0 Å². The highest BCUT2D eigenvalue weighted by molar-refractivity contribution is 7.10. The summed E-state index contributed by atoms with van der Waals surface area (Å²) in [5.41, 5.74) is 9.26. The van der Waals surface area contributed by atoms with Crippen molar-refractivity contribution in [2.45, 2.75) is 33.7 Å². The molecule has 0 unspecified atom stereocenters. The normalized spacial score (nSPS) is 11.7. The van der Waals surface area contributed by atoms with Crippen LogP contribution in [0.25, 0.3) is 0 Å². The molecule has 0 aliphatic heterocycles. The molecule has 146 valence electrons. The minimum atomic E-state index is -0.246. The van der Waals surface area contributed by atoms with Gasteiger partial charge in [0.1, 0.15) is 27.9 Å². The smallest absolute Gasteiger partial charge is 0.271 e. The van der Waals surface area contributed by atoms with E-state index in [2.05, 4.69) is 20.7 Å². The molecule has 4 N–H and O–H groups in total. The van der Waals surface area contributed by atoms with Crippen molar-refractivity contribution in [3.8, 4) is 11.5 Å². The first kappa shape index (κ1) is 19.7. The van der Waals surface area contributed by atoms with Gasteiger partial charge in [0.2, 0.25) is 0 Å². The third-order valence-corrected chi connectivity index (χ3v) is 4.69. The van der Waals surface area contributed by atoms with Gasteiger partial charge < -0.3 is 15.8 Å². The van der Waals surface area contributed by atoms with Crippen LogP contribution in [0.4, 0.5) is 10.7 Å². The van der Waals surface area contributed by atoms with Crippen molar-refractivity contribution in [3.63, 3.8) is 0 Å². The van der Waals surface area contributed by atoms with E-state index in [1.165, 1.54) is 11.5 Å². The van der Waals surface area contributed by atoms with Gasteiger partial charge in [-0.25, -0.2) is 0 Å². The Balaban J connectivity index is 1.77. The summed E-state index contributed by atoms with van der Waals surface area (Å²) in [4.78, 5) is 16.4. The number of hydrogen-bond donors (Lipinski definition) is 3. The second kappa shape index (κ2) is 8.31. The quantitative estimate of drug-likeness (QED) is 0.416. The van der Waals surface area contributed by atoms with Crippen LogP contribution in [0.5, 0.6) is 11.5 Å². The Morgan fingerprint density at radius 3 is 2.36 bits per heavy atom. The molecule has 0 saturated carbocycles. The summed E-state index contributed by atoms with van der Waals surface area (Å²) in [6, 6.07) is 13.6. The molecule has 3 rings (SSSR count). The number of ether oxygens (including phenoxy) is 1. The van der Waals surface area contributed by atoms with Gasteiger partial charge in [-0.2, -0.15) is 0 Å². The van der Waals surface area contributed by atoms with Crippen molar-refractivity contribution < 1.29 is 4.74 Å². The number of aromatic nitrogens is 1. The summed E-state index contributed by atoms with van der Waals surface area (Å²) in [5.74, 6) is 1.77. The van der Waals surface area contributed by atoms with Crippen molar-refractivity contribution in [2.24, 2.45) is 10.7 Å². The summed E-state index contributed by atoms with van der Waals surface area (Å²) in [7, 11) is 0. The summed E-state index contributed by atoms with van der Waals surface area (Å²) in [6.45, 7) is 7.91. The van der Waals surface area contributed by atoms with Gasteiger partial charge in [0, 0.05) is 11.7 Å². The van der Waals surface area contributed by atoms with Crippen LogP contribution in [0.1, 0.15) is 30.5 Å². The third-order valence-electron chi connectivity index (χ3n) is 3.90. The molecule has 0 bridgehead atoms. The van der Waals surface area contributed by atoms with E-state index in [0.717, 1.165) is 28.3 Å². The number of hydrogen-bond acceptors (Lipinski definition) is 5. The number of aryl methyl sites for hydroxylation is 2. The SMILES string of the molecule is Cc1cc(C)cc(Oc2ccc(Nc3s[nH]c(=O)c3C(N)=NC(C)C)cc2)c1. The van der Waals surface area contributed by atoms with E-state index in [9.17, 15) is 4.79 Å². The number of nitrogens with one attached hydrogen (secondary N) is 2. The van der Waals surface area contributed by atoms with Crippen LogP contribution in [0.15, 0.2) is 52.3 Å². The molecule has 0 amide bonds. The number of benzene rings is 2. The topological polar surface area (TPSA) is 92.5 Å². The Labute approximate surface area is 168 Å². The average Bonchev–Trinajstić information content (AvgIpc) is 2.95. The zero-order valence-corrected chi connectivity index (χ0v) is 17.2. The minimum Gasteiger partial charge on any atom is -0.457 e. The second-order valence-corrected chi connectivity index (χ2v) is 7.74. The molecule has 0 aliphatic carbocycles. The van der Waals surface area contributed by atoms with Crippen LogP contribution < -0.4 is 21.3 Å². The Hall–Kier alpha value is -3.06. The summed E-state index contributed by atoms with van der Waals surface area (Å²) < 4.78 is 8.64. The number of anilines is 2. The molecule has 28 heavy (non-hydrogen) atoms. The lowest BCUT2D eigenvalue weighted by Crippen LogP contribution is -2.23. The number of H-pyrrole nitrogens is 1. The number of aromatic amines is 1. The van der Waals surface area contributed by atoms with E-state index in [1.54, 1.807) is 0 Å². The van der Waals surface area contributed by atoms with Gasteiger partial charge in [-0.15, -0.1) is 0 Å². The maximum Gasteiger partial charge on any atom is 0.271 e. The Morgan fingerprint density at radius 1 is 1.11 bits per heavy atom. The van der Waals surface area contributed by atoms with E-state index in [0.29, 0.717) is 10.6 Å². The van der Waals surface area contributed by atoms with Gasteiger partial charge in [-0.1, -0.05) is 6.07 Å². The third kappa shape index (κ3) is 4.80. The largest absolute Gasteiger partial charge is 0.457 e. The predicted octanol–water partition coefficient (Wildman–Crippen LogP) is 4.70. The van der Waals surface area contributed by atoms with Crippen molar-refractivity contribution in [3.05, 3.63) is 69.5 Å². The van der Waals surface area contributed by atoms with Gasteiger partial charge in [-0.05, 0) is 86.8 Å². The average molecular weight is 397 g/mol. The van der Waals surface area contributed by atoms with E-state index >= 15 is 0 Å². The lowest BCUT2D eigenvalue weighted by Gasteiger charge is -2.10. The molecular formula is C21H24N4O2S. The predicted molar refractivity (Wildman–Crippen MR) is 117 cm³/mol. The van der Waals surface area contributed by atoms with Crippen molar-refractivity contribution in [2.75, 3.05) is 5.32 Å². The highest BCUT2D eigenvalue weighted by Gasteiger charge is 2.15. The Bertz CT molecular complexity index is 1030. The van der Waals surface area contributed by atoms with Crippen LogP contribution in [0, 0.1) is 13.8 Å². The fraction of sp³-hybridized carbons (Fsp3) is 0.238. The van der Waals surface area contributed by atoms with Gasteiger partial charge in [-0.3, -0.25) is 14.2 Å². The first-order chi connectivity index (χ1) is 13.3. The molecule has 3 aromatic rings. The first-order valence-corrected chi connectivity index (χ1v) is 9.82. The van der Waals surface area contributed by atoms with Gasteiger partial charge >= 0.3 is 0 Å². The fourth-order valence-corrected chi connectivity index (χ4v) is 3.60. The van der Waals surface area contributed by atoms with Crippen molar-refractivity contribution in [1.82, 2.24) is 4.37 Å². The number of nitrogens with two attached hydrogens (primary N) is 1. The molecule has 1 aromatic heterocycles. The molecule has 1 heterocycles. The van der Waals surface area contributed by atoms with Crippen LogP contribution in [0.2, 0.25) is 0 Å². The number of amidine groups is 1. The molecule has 0 spiro atoms. The van der Waals surface area contributed by atoms with Crippen molar-refractivity contribution in [1.29, 1.82) is 0 Å². The monoisotopic (exact) mass is 396 g/mol. The zero-order valence-electron chi connectivity index (χ0n) is 16.4. The number of nitrogens with zero attached hydrogens (tertiary/aromatic N) is 1. The van der Waals surface area contributed by atoms with Crippen LogP contribution >= 0.6 is 11.5 Å². The molecular weight excluding hydrogens is 372 g/mol. The molecule has 2 aromatic carbocycles. The van der Waals surface area contributed by atoms with Crippen LogP contribution in [-0.2, 0) is 0 Å². The van der Waals surface area contributed by atoms with E-state index in [1.807, 2.05) is 64.1 Å². The Morgan fingerprint density at radius 2 is 1.75 bits per heavy atom. The summed E-state index contributed by atoms with van der Waals surface area (Å²) in [6.07, 6.45) is 0. The number of aliphatic imine (C=N–C) groups is 1. The van der Waals surface area contributed by atoms with Crippen LogP contribution in [0.3, 0.4) is 0 Å². The van der Waals surface area contributed by atoms with Crippen molar-refractivity contribution >= 4 is 28.1 Å². The standard InChI is InChI=1S/C21H24N4O2S/c1-12(2)23-19(22)18-20(26)25-28-21(18)24-15-5-7-16(8-6-15)27-17-10-13(3)9-14(4)11-17/h5-12,24H,1-4H3,(H2,22,23)(H,25,26). The van der Waals surface area contributed by atoms with E-state index < -0.39 is 0 Å². The summed E-state index contributed by atoms with van der Waals surface area (Å²) >= 11 is 1.20. The fourth-order valence-electron chi connectivity index (χ4n) is 2.83. The van der Waals surface area contributed by atoms with E-state index in [4.69, 9.17) is 10.5 Å². The second-order valence-electron chi connectivity index (χ2n) is 6.92. The minimum absolute atomic E-state index is 0.00819. The van der Waals surface area contributed by atoms with E-state index in [-0.39, 0.29) is 17.4 Å².